The number of nitrogens with two attached hydrogens (primary N) is 1. The minimum atomic E-state index is -0.140. The van der Waals surface area contributed by atoms with Gasteiger partial charge in [-0.2, -0.15) is 0 Å². The number of ether oxygens (including phenoxy) is 1. The lowest BCUT2D eigenvalue weighted by atomic mass is 9.67. The summed E-state index contributed by atoms with van der Waals surface area (Å²) in [6.07, 6.45) is 7.10. The highest BCUT2D eigenvalue weighted by Gasteiger charge is 2.40. The molecule has 2 bridgehead atoms. The minimum Gasteiger partial charge on any atom is -0.489 e. The van der Waals surface area contributed by atoms with Crippen molar-refractivity contribution < 1.29 is 13.9 Å². The second kappa shape index (κ2) is 7.54. The largest absolute Gasteiger partial charge is 0.489 e. The number of benzene rings is 1. The van der Waals surface area contributed by atoms with Gasteiger partial charge < -0.3 is 20.2 Å². The van der Waals surface area contributed by atoms with Crippen LogP contribution in [0.25, 0.3) is 0 Å². The number of furan rings is 1. The Balaban J connectivity index is 1.42. The number of carbonyl (C=O) groups excluding carboxylic acids is 1. The molecule has 0 aliphatic heterocycles. The number of rotatable bonds is 5. The van der Waals surface area contributed by atoms with Crippen molar-refractivity contribution in [2.75, 3.05) is 0 Å². The number of carbonyl (C=O) groups is 1. The first-order valence-electron chi connectivity index (χ1n) is 9.51. The number of nitrogens with one attached hydrogen (secondary N) is 1. The molecule has 26 heavy (non-hydrogen) atoms. The Morgan fingerprint density at radius 1 is 1.15 bits per heavy atom. The zero-order valence-electron chi connectivity index (χ0n) is 14.9. The van der Waals surface area contributed by atoms with Crippen LogP contribution >= 0.6 is 0 Å². The van der Waals surface area contributed by atoms with Crippen LogP contribution in [0, 0.1) is 11.8 Å². The number of hydrogen-bond donors (Lipinski definition) is 2. The molecule has 2 atom stereocenters. The van der Waals surface area contributed by atoms with Crippen LogP contribution in [-0.2, 0) is 6.61 Å². The Morgan fingerprint density at radius 2 is 1.88 bits per heavy atom. The van der Waals surface area contributed by atoms with Crippen LogP contribution in [-0.4, -0.2) is 18.0 Å². The first-order valence-corrected chi connectivity index (χ1v) is 9.51. The van der Waals surface area contributed by atoms with Gasteiger partial charge >= 0.3 is 0 Å². The quantitative estimate of drug-likeness (QED) is 0.861. The average molecular weight is 354 g/mol. The summed E-state index contributed by atoms with van der Waals surface area (Å²) < 4.78 is 11.2. The third-order valence-electron chi connectivity index (χ3n) is 5.76. The number of para-hydroxylation sites is 1. The van der Waals surface area contributed by atoms with Crippen molar-refractivity contribution in [2.24, 2.45) is 17.6 Å². The molecule has 2 aliphatic carbocycles. The van der Waals surface area contributed by atoms with E-state index in [4.69, 9.17) is 14.9 Å². The highest BCUT2D eigenvalue weighted by molar-refractivity contribution is 5.93. The van der Waals surface area contributed by atoms with Gasteiger partial charge in [-0.05, 0) is 55.7 Å². The molecule has 2 aromatic rings. The molecule has 2 saturated carbocycles. The Kier molecular flexibility index (Phi) is 4.98. The lowest BCUT2D eigenvalue weighted by Gasteiger charge is -2.45. The van der Waals surface area contributed by atoms with E-state index < -0.39 is 0 Å². The van der Waals surface area contributed by atoms with Gasteiger partial charge in [0.2, 0.25) is 0 Å². The molecule has 2 unspecified atom stereocenters. The maximum absolute atomic E-state index is 12.8. The number of fused-ring (bicyclic) bond motifs is 2. The topological polar surface area (TPSA) is 77.5 Å². The van der Waals surface area contributed by atoms with Crippen molar-refractivity contribution >= 4 is 5.91 Å². The summed E-state index contributed by atoms with van der Waals surface area (Å²) in [6, 6.07) is 11.9. The molecule has 0 saturated heterocycles. The lowest BCUT2D eigenvalue weighted by molar-refractivity contribution is 0.0729. The molecule has 5 nitrogen and oxygen atoms in total. The van der Waals surface area contributed by atoms with Crippen molar-refractivity contribution in [1.82, 2.24) is 5.32 Å². The molecular formula is C21H26N2O3. The predicted molar refractivity (Wildman–Crippen MR) is 98.8 cm³/mol. The molecule has 2 fully saturated rings. The second-order valence-electron chi connectivity index (χ2n) is 7.56. The third-order valence-corrected chi connectivity index (χ3v) is 5.76. The molecule has 1 amide bonds. The van der Waals surface area contributed by atoms with Crippen molar-refractivity contribution in [3.8, 4) is 5.75 Å². The zero-order valence-corrected chi connectivity index (χ0v) is 14.9. The summed E-state index contributed by atoms with van der Waals surface area (Å²) in [5.74, 6) is 1.96. The summed E-state index contributed by atoms with van der Waals surface area (Å²) in [5, 5.41) is 3.24. The Morgan fingerprint density at radius 3 is 2.62 bits per heavy atom. The minimum absolute atomic E-state index is 0.140. The van der Waals surface area contributed by atoms with Crippen LogP contribution in [0.4, 0.5) is 0 Å². The summed E-state index contributed by atoms with van der Waals surface area (Å²) in [7, 11) is 0. The predicted octanol–water partition coefficient (Wildman–Crippen LogP) is 3.49. The summed E-state index contributed by atoms with van der Waals surface area (Å²) in [4.78, 5) is 12.8. The van der Waals surface area contributed by atoms with Crippen molar-refractivity contribution in [1.29, 1.82) is 0 Å². The second-order valence-corrected chi connectivity index (χ2v) is 7.56. The molecule has 5 heteroatoms. The smallest absolute Gasteiger partial charge is 0.287 e. The van der Waals surface area contributed by atoms with Crippen molar-refractivity contribution in [2.45, 2.75) is 50.8 Å². The van der Waals surface area contributed by atoms with Crippen LogP contribution < -0.4 is 15.8 Å². The SMILES string of the molecule is NC1CC2CCCC(C1)C2NC(=O)c1occc1COc1ccccc1. The van der Waals surface area contributed by atoms with E-state index in [9.17, 15) is 4.79 Å². The van der Waals surface area contributed by atoms with Crippen molar-refractivity contribution in [3.05, 3.63) is 54.0 Å². The van der Waals surface area contributed by atoms with E-state index in [0.717, 1.165) is 37.0 Å². The van der Waals surface area contributed by atoms with Gasteiger partial charge in [-0.3, -0.25) is 4.79 Å². The molecule has 0 spiro atoms. The molecule has 2 aliphatic rings. The number of hydrogen-bond acceptors (Lipinski definition) is 4. The normalized spacial score (nSPS) is 27.7. The molecule has 1 aromatic heterocycles. The van der Waals surface area contributed by atoms with Gasteiger partial charge in [-0.1, -0.05) is 24.6 Å². The first kappa shape index (κ1) is 17.2. The standard InChI is InChI=1S/C21H26N2O3/c22-17-11-14-5-4-6-15(12-17)19(14)23-21(24)20-16(9-10-25-20)13-26-18-7-2-1-3-8-18/h1-3,7-10,14-15,17,19H,4-6,11-13,22H2,(H,23,24). The third kappa shape index (κ3) is 3.63. The van der Waals surface area contributed by atoms with Gasteiger partial charge in [-0.25, -0.2) is 0 Å². The maximum atomic E-state index is 12.8. The molecule has 138 valence electrons. The Bertz CT molecular complexity index is 729. The maximum Gasteiger partial charge on any atom is 0.287 e. The van der Waals surface area contributed by atoms with E-state index in [1.54, 1.807) is 12.3 Å². The fourth-order valence-corrected chi connectivity index (χ4v) is 4.57. The van der Waals surface area contributed by atoms with Gasteiger partial charge in [-0.15, -0.1) is 0 Å². The molecule has 1 aromatic carbocycles. The Hall–Kier alpha value is -2.27. The molecular weight excluding hydrogens is 328 g/mol. The lowest BCUT2D eigenvalue weighted by Crippen LogP contribution is -2.53. The fourth-order valence-electron chi connectivity index (χ4n) is 4.57. The van der Waals surface area contributed by atoms with Gasteiger partial charge in [0.15, 0.2) is 5.76 Å². The van der Waals surface area contributed by atoms with Gasteiger partial charge in [0.25, 0.3) is 5.91 Å². The monoisotopic (exact) mass is 354 g/mol. The van der Waals surface area contributed by atoms with E-state index in [-0.39, 0.29) is 18.0 Å². The summed E-state index contributed by atoms with van der Waals surface area (Å²) in [5.41, 5.74) is 6.95. The van der Waals surface area contributed by atoms with E-state index in [1.165, 1.54) is 6.42 Å². The van der Waals surface area contributed by atoms with Gasteiger partial charge in [0.1, 0.15) is 12.4 Å². The first-order chi connectivity index (χ1) is 12.7. The van der Waals surface area contributed by atoms with E-state index in [1.807, 2.05) is 30.3 Å². The van der Waals surface area contributed by atoms with Crippen molar-refractivity contribution in [3.63, 3.8) is 0 Å². The van der Waals surface area contributed by atoms with Crippen LogP contribution in [0.5, 0.6) is 5.75 Å². The molecule has 0 radical (unpaired) electrons. The zero-order chi connectivity index (χ0) is 17.9. The van der Waals surface area contributed by atoms with Crippen LogP contribution in [0.1, 0.15) is 48.2 Å². The van der Waals surface area contributed by atoms with Gasteiger partial charge in [0, 0.05) is 17.6 Å². The highest BCUT2D eigenvalue weighted by atomic mass is 16.5. The van der Waals surface area contributed by atoms with Crippen LogP contribution in [0.15, 0.2) is 47.1 Å². The average Bonchev–Trinajstić information content (AvgIpc) is 3.10. The highest BCUT2D eigenvalue weighted by Crippen LogP contribution is 2.39. The van der Waals surface area contributed by atoms with E-state index >= 15 is 0 Å². The fraction of sp³-hybridized carbons (Fsp3) is 0.476. The van der Waals surface area contributed by atoms with Crippen LogP contribution in [0.2, 0.25) is 0 Å². The summed E-state index contributed by atoms with van der Waals surface area (Å²) >= 11 is 0. The number of amides is 1. The summed E-state index contributed by atoms with van der Waals surface area (Å²) in [6.45, 7) is 0.311. The molecule has 1 heterocycles. The van der Waals surface area contributed by atoms with E-state index in [0.29, 0.717) is 24.2 Å². The Labute approximate surface area is 153 Å². The molecule has 4 rings (SSSR count). The van der Waals surface area contributed by atoms with E-state index in [2.05, 4.69) is 5.32 Å². The molecule has 3 N–H and O–H groups in total. The van der Waals surface area contributed by atoms with Crippen LogP contribution in [0.3, 0.4) is 0 Å². The van der Waals surface area contributed by atoms with Gasteiger partial charge in [0.05, 0.1) is 6.26 Å².